The third-order valence-corrected chi connectivity index (χ3v) is 3.91. The van der Waals surface area contributed by atoms with Crippen LogP contribution in [0, 0.1) is 0 Å². The third-order valence-electron chi connectivity index (χ3n) is 3.91. The molecule has 0 aromatic heterocycles. The van der Waals surface area contributed by atoms with Crippen molar-refractivity contribution in [1.29, 1.82) is 0 Å². The number of phenols is 1. The van der Waals surface area contributed by atoms with Gasteiger partial charge in [-0.05, 0) is 35.4 Å². The number of rotatable bonds is 5. The first-order valence-electron chi connectivity index (χ1n) is 7.28. The first-order valence-corrected chi connectivity index (χ1v) is 7.28. The zero-order valence-corrected chi connectivity index (χ0v) is 13.1. The van der Waals surface area contributed by atoms with Crippen molar-refractivity contribution in [3.05, 3.63) is 59.7 Å². The van der Waals surface area contributed by atoms with Gasteiger partial charge in [0.2, 0.25) is 0 Å². The normalized spacial score (nSPS) is 12.2. The van der Waals surface area contributed by atoms with E-state index in [1.807, 2.05) is 24.3 Å². The lowest BCUT2D eigenvalue weighted by Gasteiger charge is -2.27. The summed E-state index contributed by atoms with van der Waals surface area (Å²) in [5.41, 5.74) is 1.89. The summed E-state index contributed by atoms with van der Waals surface area (Å²) >= 11 is 0. The zero-order chi connectivity index (χ0) is 16.4. The quantitative estimate of drug-likeness (QED) is 0.742. The van der Waals surface area contributed by atoms with Crippen LogP contribution in [0.3, 0.4) is 0 Å². The molecule has 0 atom stereocenters. The van der Waals surface area contributed by atoms with Gasteiger partial charge in [0.1, 0.15) is 11.5 Å². The van der Waals surface area contributed by atoms with Gasteiger partial charge in [0, 0.05) is 11.8 Å². The molecular weight excluding hydrogens is 280 g/mol. The van der Waals surface area contributed by atoms with Crippen LogP contribution in [-0.4, -0.2) is 21.3 Å². The number of hydrogen-bond acceptors (Lipinski definition) is 4. The van der Waals surface area contributed by atoms with Crippen molar-refractivity contribution < 1.29 is 20.1 Å². The van der Waals surface area contributed by atoms with Gasteiger partial charge < -0.3 is 20.1 Å². The van der Waals surface area contributed by atoms with Gasteiger partial charge in [-0.25, -0.2) is 0 Å². The van der Waals surface area contributed by atoms with Crippen LogP contribution in [0.2, 0.25) is 0 Å². The van der Waals surface area contributed by atoms with Gasteiger partial charge in [-0.1, -0.05) is 45.0 Å². The number of aliphatic hydroxyl groups is 2. The molecule has 0 saturated heterocycles. The largest absolute Gasteiger partial charge is 0.508 e. The molecule has 22 heavy (non-hydrogen) atoms. The van der Waals surface area contributed by atoms with Crippen LogP contribution in [0.25, 0.3) is 0 Å². The van der Waals surface area contributed by atoms with Crippen molar-refractivity contribution in [2.75, 3.05) is 0 Å². The van der Waals surface area contributed by atoms with Crippen LogP contribution in [0.1, 0.15) is 38.3 Å². The van der Waals surface area contributed by atoms with E-state index in [0.29, 0.717) is 5.75 Å². The highest BCUT2D eigenvalue weighted by Crippen LogP contribution is 2.33. The summed E-state index contributed by atoms with van der Waals surface area (Å²) in [6.45, 7) is 5.80. The molecule has 3 N–H and O–H groups in total. The topological polar surface area (TPSA) is 69.9 Å². The maximum atomic E-state index is 9.52. The van der Waals surface area contributed by atoms with Crippen molar-refractivity contribution in [2.45, 2.75) is 38.6 Å². The molecule has 2 aromatic carbocycles. The van der Waals surface area contributed by atoms with Gasteiger partial charge in [0.15, 0.2) is 0 Å². The smallest absolute Gasteiger partial charge is 0.321 e. The lowest BCUT2D eigenvalue weighted by molar-refractivity contribution is -0.292. The summed E-state index contributed by atoms with van der Waals surface area (Å²) in [4.78, 5) is 0. The first-order chi connectivity index (χ1) is 10.2. The summed E-state index contributed by atoms with van der Waals surface area (Å²) in [5.74, 6) is -1.50. The molecule has 0 unspecified atom stereocenters. The Labute approximate surface area is 130 Å². The Bertz CT molecular complexity index is 613. The van der Waals surface area contributed by atoms with Crippen LogP contribution in [0.5, 0.6) is 11.5 Å². The van der Waals surface area contributed by atoms with E-state index >= 15 is 0 Å². The van der Waals surface area contributed by atoms with Crippen molar-refractivity contribution in [3.63, 3.8) is 0 Å². The summed E-state index contributed by atoms with van der Waals surface area (Å²) in [7, 11) is 0. The van der Waals surface area contributed by atoms with E-state index in [0.717, 1.165) is 11.1 Å². The second-order valence-corrected chi connectivity index (χ2v) is 5.90. The maximum absolute atomic E-state index is 9.52. The van der Waals surface area contributed by atoms with Gasteiger partial charge in [-0.3, -0.25) is 0 Å². The molecule has 2 rings (SSSR count). The van der Waals surface area contributed by atoms with Crippen molar-refractivity contribution in [2.24, 2.45) is 0 Å². The van der Waals surface area contributed by atoms with Gasteiger partial charge in [0.05, 0.1) is 0 Å². The molecule has 0 heterocycles. The Balaban J connectivity index is 2.23. The summed E-state index contributed by atoms with van der Waals surface area (Å²) < 4.78 is 5.12. The second kappa shape index (κ2) is 5.99. The predicted molar refractivity (Wildman–Crippen MR) is 84.8 cm³/mol. The van der Waals surface area contributed by atoms with Crippen molar-refractivity contribution >= 4 is 0 Å². The average Bonchev–Trinajstić information content (AvgIpc) is 2.48. The highest BCUT2D eigenvalue weighted by atomic mass is 16.8. The second-order valence-electron chi connectivity index (χ2n) is 5.90. The Kier molecular flexibility index (Phi) is 4.44. The number of benzene rings is 2. The van der Waals surface area contributed by atoms with E-state index < -0.39 is 5.97 Å². The molecule has 0 fully saturated rings. The number of hydrogen-bond donors (Lipinski definition) is 3. The molecule has 0 saturated carbocycles. The highest BCUT2D eigenvalue weighted by Gasteiger charge is 2.25. The van der Waals surface area contributed by atoms with E-state index in [1.165, 1.54) is 0 Å². The van der Waals surface area contributed by atoms with Gasteiger partial charge in [0.25, 0.3) is 0 Å². The van der Waals surface area contributed by atoms with Crippen molar-refractivity contribution in [3.8, 4) is 11.5 Å². The van der Waals surface area contributed by atoms with E-state index in [9.17, 15) is 15.3 Å². The van der Waals surface area contributed by atoms with E-state index in [-0.39, 0.29) is 17.6 Å². The molecule has 118 valence electrons. The minimum Gasteiger partial charge on any atom is -0.508 e. The molecule has 4 heteroatoms. The first kappa shape index (κ1) is 16.3. The number of phenolic OH excluding ortho intramolecular Hbond substituents is 1. The molecule has 0 amide bonds. The minimum absolute atomic E-state index is 0.0771. The van der Waals surface area contributed by atoms with E-state index in [1.54, 1.807) is 31.2 Å². The van der Waals surface area contributed by atoms with Crippen LogP contribution < -0.4 is 4.74 Å². The van der Waals surface area contributed by atoms with Gasteiger partial charge in [-0.2, -0.15) is 0 Å². The van der Waals surface area contributed by atoms with Crippen molar-refractivity contribution in [1.82, 2.24) is 0 Å². The van der Waals surface area contributed by atoms with Crippen LogP contribution >= 0.6 is 0 Å². The maximum Gasteiger partial charge on any atom is 0.321 e. The van der Waals surface area contributed by atoms with Gasteiger partial charge in [-0.15, -0.1) is 0 Å². The Morgan fingerprint density at radius 3 is 1.77 bits per heavy atom. The lowest BCUT2D eigenvalue weighted by atomic mass is 9.78. The summed E-state index contributed by atoms with van der Waals surface area (Å²) in [5, 5.41) is 28.4. The fraction of sp³-hybridized carbons (Fsp3) is 0.333. The number of ether oxygens (including phenoxy) is 1. The van der Waals surface area contributed by atoms with Crippen LogP contribution in [0.15, 0.2) is 48.5 Å². The zero-order valence-electron chi connectivity index (χ0n) is 13.1. The third kappa shape index (κ3) is 3.59. The standard InChI is InChI=1S/C18H22O4/c1-4-18(20,21)22-16-11-7-14(8-12-16)17(2,3)13-5-9-15(19)10-6-13/h5-12,19-21H,4H2,1-3H3. The summed E-state index contributed by atoms with van der Waals surface area (Å²) in [6, 6.07) is 14.3. The lowest BCUT2D eigenvalue weighted by Crippen LogP contribution is -2.34. The molecule has 0 aliphatic rings. The molecule has 0 radical (unpaired) electrons. The van der Waals surface area contributed by atoms with Crippen LogP contribution in [0.4, 0.5) is 0 Å². The molecule has 0 aliphatic carbocycles. The van der Waals surface area contributed by atoms with E-state index in [2.05, 4.69) is 13.8 Å². The Morgan fingerprint density at radius 2 is 1.32 bits per heavy atom. The molecular formula is C18H22O4. The fourth-order valence-electron chi connectivity index (χ4n) is 2.25. The molecule has 0 bridgehead atoms. The number of aromatic hydroxyl groups is 1. The molecule has 0 aliphatic heterocycles. The minimum atomic E-state index is -2.14. The highest BCUT2D eigenvalue weighted by molar-refractivity contribution is 5.41. The Hall–Kier alpha value is -2.04. The fourth-order valence-corrected chi connectivity index (χ4v) is 2.25. The Morgan fingerprint density at radius 1 is 0.864 bits per heavy atom. The van der Waals surface area contributed by atoms with E-state index in [4.69, 9.17) is 4.74 Å². The monoisotopic (exact) mass is 302 g/mol. The molecule has 2 aromatic rings. The molecule has 4 nitrogen and oxygen atoms in total. The SMILES string of the molecule is CCC(O)(O)Oc1ccc(C(C)(C)c2ccc(O)cc2)cc1. The summed E-state index contributed by atoms with van der Waals surface area (Å²) in [6.07, 6.45) is 0.0771. The molecule has 0 spiro atoms. The van der Waals surface area contributed by atoms with Gasteiger partial charge >= 0.3 is 5.97 Å². The predicted octanol–water partition coefficient (Wildman–Crippen LogP) is 3.15. The van der Waals surface area contributed by atoms with Crippen LogP contribution in [-0.2, 0) is 5.41 Å². The average molecular weight is 302 g/mol.